The van der Waals surface area contributed by atoms with E-state index in [0.717, 1.165) is 24.2 Å². The number of nitrogen functional groups attached to an aromatic ring is 1. The fraction of sp³-hybridized carbons (Fsp3) is 0.292. The van der Waals surface area contributed by atoms with E-state index in [0.29, 0.717) is 34.4 Å². The van der Waals surface area contributed by atoms with E-state index in [2.05, 4.69) is 34.1 Å². The van der Waals surface area contributed by atoms with Crippen molar-refractivity contribution in [3.8, 4) is 17.3 Å². The number of nitrogens with two attached hydrogens (primary N) is 1. The summed E-state index contributed by atoms with van der Waals surface area (Å²) in [7, 11) is 0. The summed E-state index contributed by atoms with van der Waals surface area (Å²) in [5, 5.41) is 12.5. The Morgan fingerprint density at radius 3 is 2.67 bits per heavy atom. The maximum atomic E-state index is 13.1. The molecule has 1 aliphatic rings. The van der Waals surface area contributed by atoms with Crippen LogP contribution in [0.25, 0.3) is 17.2 Å². The van der Waals surface area contributed by atoms with Crippen LogP contribution in [-0.2, 0) is 16.6 Å². The molecule has 1 atom stereocenters. The van der Waals surface area contributed by atoms with Crippen molar-refractivity contribution in [3.05, 3.63) is 59.7 Å². The third kappa shape index (κ3) is 3.36. The molecule has 4 N–H and O–H groups in total. The highest BCUT2D eigenvalue weighted by molar-refractivity contribution is 6.09. The first kappa shape index (κ1) is 20.9. The van der Waals surface area contributed by atoms with E-state index >= 15 is 0 Å². The Bertz CT molecular complexity index is 1380. The van der Waals surface area contributed by atoms with Gasteiger partial charge in [0.1, 0.15) is 28.5 Å². The molecule has 0 saturated carbocycles. The number of hydrogen-bond acceptors (Lipinski definition) is 7. The fourth-order valence-corrected chi connectivity index (χ4v) is 4.29. The molecule has 33 heavy (non-hydrogen) atoms. The summed E-state index contributed by atoms with van der Waals surface area (Å²) in [6, 6.07) is 6.49. The molecule has 0 saturated heterocycles. The molecule has 4 aromatic rings. The molecule has 5 rings (SSSR count). The zero-order valence-electron chi connectivity index (χ0n) is 18.7. The number of hydrogen-bond donors (Lipinski definition) is 3. The molecule has 0 aliphatic carbocycles. The normalized spacial score (nSPS) is 17.5. The maximum absolute atomic E-state index is 13.1. The molecule has 0 spiro atoms. The van der Waals surface area contributed by atoms with Crippen molar-refractivity contribution in [1.29, 1.82) is 0 Å². The molecule has 4 heterocycles. The Hall–Kier alpha value is -4.01. The largest absolute Gasteiger partial charge is 0.508 e. The summed E-state index contributed by atoms with van der Waals surface area (Å²) >= 11 is 0. The standard InChI is InChI=1S/C24H25N7O2/c1-13(2)4-9-16-22-26-10-11-31(22)12-17(27-16)20-28-19(25)18-21(29-20)30-23(33)24(18,3)14-5-7-15(32)8-6-14/h5-8,10-13,32H,4,9H2,1-3H3,(H3,25,28,29,30,33)/t24-/m0/s1. The lowest BCUT2D eigenvalue weighted by Crippen LogP contribution is -2.32. The number of aromatic hydroxyl groups is 1. The first-order valence-electron chi connectivity index (χ1n) is 10.9. The van der Waals surface area contributed by atoms with Gasteiger partial charge >= 0.3 is 0 Å². The van der Waals surface area contributed by atoms with Crippen LogP contribution in [0.1, 0.15) is 44.0 Å². The Balaban J connectivity index is 1.61. The van der Waals surface area contributed by atoms with Crippen LogP contribution in [0.3, 0.4) is 0 Å². The van der Waals surface area contributed by atoms with Crippen molar-refractivity contribution in [2.45, 2.75) is 39.0 Å². The van der Waals surface area contributed by atoms with E-state index in [1.165, 1.54) is 0 Å². The quantitative estimate of drug-likeness (QED) is 0.431. The average molecular weight is 444 g/mol. The van der Waals surface area contributed by atoms with Gasteiger partial charge in [-0.05, 0) is 43.4 Å². The number of nitrogens with zero attached hydrogens (tertiary/aromatic N) is 5. The Morgan fingerprint density at radius 2 is 1.94 bits per heavy atom. The minimum absolute atomic E-state index is 0.120. The Morgan fingerprint density at radius 1 is 1.18 bits per heavy atom. The summed E-state index contributed by atoms with van der Waals surface area (Å²) in [6.45, 7) is 6.12. The van der Waals surface area contributed by atoms with Gasteiger partial charge in [0.25, 0.3) is 0 Å². The van der Waals surface area contributed by atoms with Crippen LogP contribution in [0.5, 0.6) is 5.75 Å². The molecular weight excluding hydrogens is 418 g/mol. The predicted molar refractivity (Wildman–Crippen MR) is 125 cm³/mol. The first-order chi connectivity index (χ1) is 15.8. The maximum Gasteiger partial charge on any atom is 0.240 e. The zero-order valence-corrected chi connectivity index (χ0v) is 18.7. The third-order valence-electron chi connectivity index (χ3n) is 6.20. The van der Waals surface area contributed by atoms with Crippen molar-refractivity contribution in [2.24, 2.45) is 5.92 Å². The lowest BCUT2D eigenvalue weighted by Gasteiger charge is -2.23. The highest BCUT2D eigenvalue weighted by Crippen LogP contribution is 2.45. The molecule has 9 heteroatoms. The molecule has 0 radical (unpaired) electrons. The second-order valence-electron chi connectivity index (χ2n) is 8.95. The van der Waals surface area contributed by atoms with Crippen LogP contribution >= 0.6 is 0 Å². The minimum atomic E-state index is -1.07. The number of phenolic OH excluding ortho intramolecular Hbond substituents is 1. The van der Waals surface area contributed by atoms with Gasteiger partial charge in [0, 0.05) is 18.6 Å². The molecule has 0 unspecified atom stereocenters. The topological polar surface area (TPSA) is 131 Å². The molecule has 0 fully saturated rings. The predicted octanol–water partition coefficient (Wildman–Crippen LogP) is 3.32. The number of aromatic nitrogens is 5. The second-order valence-corrected chi connectivity index (χ2v) is 8.95. The number of carbonyl (C=O) groups is 1. The third-order valence-corrected chi connectivity index (χ3v) is 6.20. The van der Waals surface area contributed by atoms with Gasteiger partial charge in [0.05, 0.1) is 11.3 Å². The van der Waals surface area contributed by atoms with Crippen LogP contribution in [0.2, 0.25) is 0 Å². The molecule has 1 aliphatic heterocycles. The van der Waals surface area contributed by atoms with Crippen LogP contribution in [0.15, 0.2) is 42.9 Å². The van der Waals surface area contributed by atoms with Gasteiger partial charge in [0.15, 0.2) is 11.5 Å². The van der Waals surface area contributed by atoms with E-state index in [4.69, 9.17) is 10.7 Å². The highest BCUT2D eigenvalue weighted by Gasteiger charge is 2.47. The van der Waals surface area contributed by atoms with Gasteiger partial charge in [-0.15, -0.1) is 0 Å². The summed E-state index contributed by atoms with van der Waals surface area (Å²) < 4.78 is 1.91. The van der Waals surface area contributed by atoms with Gasteiger partial charge in [0.2, 0.25) is 5.91 Å². The number of fused-ring (bicyclic) bond motifs is 2. The van der Waals surface area contributed by atoms with Gasteiger partial charge in [-0.1, -0.05) is 26.0 Å². The van der Waals surface area contributed by atoms with Crippen molar-refractivity contribution < 1.29 is 9.90 Å². The summed E-state index contributed by atoms with van der Waals surface area (Å²) in [5.41, 5.74) is 8.77. The lowest BCUT2D eigenvalue weighted by atomic mass is 9.78. The van der Waals surface area contributed by atoms with Crippen molar-refractivity contribution in [3.63, 3.8) is 0 Å². The van der Waals surface area contributed by atoms with E-state index in [9.17, 15) is 9.90 Å². The number of nitrogens with one attached hydrogen (secondary N) is 1. The molecular formula is C24H25N7O2. The molecule has 168 valence electrons. The van der Waals surface area contributed by atoms with Crippen molar-refractivity contribution >= 4 is 23.2 Å². The van der Waals surface area contributed by atoms with Crippen LogP contribution in [0, 0.1) is 5.92 Å². The molecule has 3 aromatic heterocycles. The van der Waals surface area contributed by atoms with Gasteiger partial charge in [-0.2, -0.15) is 0 Å². The number of amides is 1. The van der Waals surface area contributed by atoms with Crippen LogP contribution < -0.4 is 11.1 Å². The van der Waals surface area contributed by atoms with Crippen molar-refractivity contribution in [2.75, 3.05) is 11.1 Å². The SMILES string of the molecule is CC(C)CCc1nc(-c2nc(N)c3c(n2)NC(=O)[C@@]3(C)c2ccc(O)cc2)cn2ccnc12. The van der Waals surface area contributed by atoms with Gasteiger partial charge in [-0.25, -0.2) is 19.9 Å². The minimum Gasteiger partial charge on any atom is -0.508 e. The van der Waals surface area contributed by atoms with Crippen molar-refractivity contribution in [1.82, 2.24) is 24.3 Å². The first-order valence-corrected chi connectivity index (χ1v) is 10.9. The van der Waals surface area contributed by atoms with Crippen LogP contribution in [-0.4, -0.2) is 35.4 Å². The van der Waals surface area contributed by atoms with Gasteiger partial charge < -0.3 is 20.6 Å². The number of aryl methyl sites for hydroxylation is 1. The zero-order chi connectivity index (χ0) is 23.3. The summed E-state index contributed by atoms with van der Waals surface area (Å²) in [5.74, 6) is 1.31. The number of imidazole rings is 1. The molecule has 9 nitrogen and oxygen atoms in total. The number of benzene rings is 1. The van der Waals surface area contributed by atoms with Crippen LogP contribution in [0.4, 0.5) is 11.6 Å². The number of carbonyl (C=O) groups excluding carboxylic acids is 1. The summed E-state index contributed by atoms with van der Waals surface area (Å²) in [4.78, 5) is 31.5. The number of phenols is 1. The highest BCUT2D eigenvalue weighted by atomic mass is 16.3. The van der Waals surface area contributed by atoms with E-state index in [-0.39, 0.29) is 17.5 Å². The fourth-order valence-electron chi connectivity index (χ4n) is 4.29. The summed E-state index contributed by atoms with van der Waals surface area (Å²) in [6.07, 6.45) is 7.17. The second kappa shape index (κ2) is 7.54. The Kier molecular flexibility index (Phi) is 4.77. The van der Waals surface area contributed by atoms with Gasteiger partial charge in [-0.3, -0.25) is 4.79 Å². The number of anilines is 2. The monoisotopic (exact) mass is 443 g/mol. The average Bonchev–Trinajstić information content (AvgIpc) is 3.35. The molecule has 1 amide bonds. The smallest absolute Gasteiger partial charge is 0.240 e. The Labute approximate surface area is 190 Å². The molecule has 0 bridgehead atoms. The van der Waals surface area contributed by atoms with E-state index in [1.807, 2.05) is 16.8 Å². The lowest BCUT2D eigenvalue weighted by molar-refractivity contribution is -0.119. The number of rotatable bonds is 5. The molecule has 1 aromatic carbocycles. The van der Waals surface area contributed by atoms with E-state index < -0.39 is 5.41 Å². The van der Waals surface area contributed by atoms with E-state index in [1.54, 1.807) is 37.4 Å².